The van der Waals surface area contributed by atoms with Crippen molar-refractivity contribution in [2.45, 2.75) is 38.3 Å². The molecule has 6 nitrogen and oxygen atoms in total. The van der Waals surface area contributed by atoms with Crippen LogP contribution in [0.2, 0.25) is 0 Å². The number of likely N-dealkylation sites (tertiary alicyclic amines) is 2. The first kappa shape index (κ1) is 21.6. The molecule has 6 heteroatoms. The quantitative estimate of drug-likeness (QED) is 0.553. The van der Waals surface area contributed by atoms with Crippen LogP contribution >= 0.6 is 0 Å². The first-order valence-electron chi connectivity index (χ1n) is 11.8. The van der Waals surface area contributed by atoms with Crippen LogP contribution in [0.4, 0.5) is 0 Å². The van der Waals surface area contributed by atoms with E-state index < -0.39 is 0 Å². The minimum Gasteiger partial charge on any atom is -0.497 e. The van der Waals surface area contributed by atoms with Gasteiger partial charge in [0, 0.05) is 30.4 Å². The van der Waals surface area contributed by atoms with E-state index in [1.54, 1.807) is 13.3 Å². The van der Waals surface area contributed by atoms with Crippen LogP contribution in [-0.4, -0.2) is 52.4 Å². The molecule has 1 aromatic heterocycles. The fraction of sp³-hybridized carbons (Fsp3) is 0.370. The fourth-order valence-corrected chi connectivity index (χ4v) is 4.96. The highest BCUT2D eigenvalue weighted by molar-refractivity contribution is 5.96. The number of carbonyl (C=O) groups excluding carboxylic acids is 1. The summed E-state index contributed by atoms with van der Waals surface area (Å²) in [6.45, 7) is 3.83. The van der Waals surface area contributed by atoms with Crippen LogP contribution in [0.25, 0.3) is 11.4 Å². The molecule has 2 aliphatic heterocycles. The van der Waals surface area contributed by atoms with Gasteiger partial charge >= 0.3 is 0 Å². The van der Waals surface area contributed by atoms with Gasteiger partial charge in [-0.05, 0) is 80.7 Å². The molecular weight excluding hydrogens is 412 g/mol. The molecule has 2 aliphatic rings. The second-order valence-corrected chi connectivity index (χ2v) is 8.83. The normalized spacial score (nSPS) is 18.6. The lowest BCUT2D eigenvalue weighted by atomic mass is 10.0. The van der Waals surface area contributed by atoms with Crippen LogP contribution < -0.4 is 4.74 Å². The highest BCUT2D eigenvalue weighted by atomic mass is 16.5. The SMILES string of the molecule is COc1ccc(-c2nccc([C@@H]3CCCN3C(=O)c3ccccc3CN3CCCC3)n2)cc1. The van der Waals surface area contributed by atoms with E-state index in [0.717, 1.165) is 67.2 Å². The molecule has 0 bridgehead atoms. The molecule has 3 aromatic rings. The first-order chi connectivity index (χ1) is 16.2. The van der Waals surface area contributed by atoms with E-state index in [-0.39, 0.29) is 11.9 Å². The van der Waals surface area contributed by atoms with Crippen molar-refractivity contribution in [1.82, 2.24) is 19.8 Å². The Kier molecular flexibility index (Phi) is 6.35. The molecule has 1 atom stereocenters. The molecule has 2 aromatic carbocycles. The number of hydrogen-bond donors (Lipinski definition) is 0. The van der Waals surface area contributed by atoms with E-state index in [4.69, 9.17) is 9.72 Å². The van der Waals surface area contributed by atoms with Crippen LogP contribution in [0.15, 0.2) is 60.8 Å². The Morgan fingerprint density at radius 1 is 1.00 bits per heavy atom. The Balaban J connectivity index is 1.39. The topological polar surface area (TPSA) is 58.6 Å². The highest BCUT2D eigenvalue weighted by Crippen LogP contribution is 2.33. The van der Waals surface area contributed by atoms with Gasteiger partial charge in [-0.3, -0.25) is 9.69 Å². The molecule has 0 radical (unpaired) electrons. The van der Waals surface area contributed by atoms with Crippen molar-refractivity contribution >= 4 is 5.91 Å². The summed E-state index contributed by atoms with van der Waals surface area (Å²) >= 11 is 0. The van der Waals surface area contributed by atoms with Gasteiger partial charge in [-0.1, -0.05) is 18.2 Å². The summed E-state index contributed by atoms with van der Waals surface area (Å²) in [6, 6.07) is 17.7. The maximum Gasteiger partial charge on any atom is 0.254 e. The zero-order valence-corrected chi connectivity index (χ0v) is 19.1. The molecule has 0 N–H and O–H groups in total. The molecule has 3 heterocycles. The lowest BCUT2D eigenvalue weighted by Gasteiger charge is -2.26. The predicted molar refractivity (Wildman–Crippen MR) is 128 cm³/mol. The van der Waals surface area contributed by atoms with Crippen molar-refractivity contribution in [3.05, 3.63) is 77.6 Å². The molecule has 0 spiro atoms. The summed E-state index contributed by atoms with van der Waals surface area (Å²) in [5.41, 5.74) is 3.78. The van der Waals surface area contributed by atoms with Gasteiger partial charge in [0.05, 0.1) is 18.8 Å². The van der Waals surface area contributed by atoms with Gasteiger partial charge in [-0.25, -0.2) is 9.97 Å². The molecule has 170 valence electrons. The lowest BCUT2D eigenvalue weighted by Crippen LogP contribution is -2.32. The largest absolute Gasteiger partial charge is 0.497 e. The monoisotopic (exact) mass is 442 g/mol. The number of benzene rings is 2. The van der Waals surface area contributed by atoms with Crippen LogP contribution in [0.5, 0.6) is 5.75 Å². The number of hydrogen-bond acceptors (Lipinski definition) is 5. The van der Waals surface area contributed by atoms with Crippen molar-refractivity contribution in [3.8, 4) is 17.1 Å². The number of amides is 1. The number of ether oxygens (including phenoxy) is 1. The zero-order valence-electron chi connectivity index (χ0n) is 19.1. The van der Waals surface area contributed by atoms with Crippen LogP contribution in [0.3, 0.4) is 0 Å². The Labute approximate surface area is 195 Å². The molecule has 1 amide bonds. The Hall–Kier alpha value is -3.25. The Morgan fingerprint density at radius 3 is 2.58 bits per heavy atom. The van der Waals surface area contributed by atoms with Gasteiger partial charge in [0.1, 0.15) is 5.75 Å². The summed E-state index contributed by atoms with van der Waals surface area (Å²) in [4.78, 5) is 27.5. The van der Waals surface area contributed by atoms with Crippen LogP contribution in [0.1, 0.15) is 53.3 Å². The van der Waals surface area contributed by atoms with Crippen LogP contribution in [-0.2, 0) is 6.54 Å². The Morgan fingerprint density at radius 2 is 1.79 bits per heavy atom. The molecule has 0 saturated carbocycles. The first-order valence-corrected chi connectivity index (χ1v) is 11.8. The van der Waals surface area contributed by atoms with Gasteiger partial charge in [0.25, 0.3) is 5.91 Å². The summed E-state index contributed by atoms with van der Waals surface area (Å²) in [7, 11) is 1.65. The average Bonchev–Trinajstić information content (AvgIpc) is 3.57. The Bertz CT molecular complexity index is 1110. The third kappa shape index (κ3) is 4.62. The number of aromatic nitrogens is 2. The molecule has 2 fully saturated rings. The van der Waals surface area contributed by atoms with E-state index in [2.05, 4.69) is 16.0 Å². The molecule has 0 aliphatic carbocycles. The van der Waals surface area contributed by atoms with Gasteiger partial charge < -0.3 is 9.64 Å². The molecule has 0 unspecified atom stereocenters. The second kappa shape index (κ2) is 9.71. The van der Waals surface area contributed by atoms with E-state index in [1.165, 1.54) is 12.8 Å². The molecule has 33 heavy (non-hydrogen) atoms. The maximum absolute atomic E-state index is 13.7. The minimum atomic E-state index is -0.0302. The summed E-state index contributed by atoms with van der Waals surface area (Å²) in [5.74, 6) is 1.58. The average molecular weight is 443 g/mol. The van der Waals surface area contributed by atoms with E-state index >= 15 is 0 Å². The van der Waals surface area contributed by atoms with Gasteiger partial charge in [0.2, 0.25) is 0 Å². The number of carbonyl (C=O) groups is 1. The summed E-state index contributed by atoms with van der Waals surface area (Å²) in [5, 5.41) is 0. The number of rotatable bonds is 6. The van der Waals surface area contributed by atoms with E-state index in [0.29, 0.717) is 5.82 Å². The van der Waals surface area contributed by atoms with Crippen molar-refractivity contribution in [2.24, 2.45) is 0 Å². The standard InChI is InChI=1S/C27H30N4O2/c1-33-22-12-10-20(11-13-22)26-28-15-14-24(29-26)25-9-6-18-31(25)27(32)23-8-3-2-7-21(23)19-30-16-4-5-17-30/h2-3,7-8,10-15,25H,4-6,9,16-19H2,1H3/t25-/m0/s1. The summed E-state index contributed by atoms with van der Waals surface area (Å²) < 4.78 is 5.26. The second-order valence-electron chi connectivity index (χ2n) is 8.83. The van der Waals surface area contributed by atoms with E-state index in [1.807, 2.05) is 53.4 Å². The third-order valence-corrected chi connectivity index (χ3v) is 6.72. The smallest absolute Gasteiger partial charge is 0.254 e. The van der Waals surface area contributed by atoms with Crippen LogP contribution in [0, 0.1) is 0 Å². The number of nitrogens with zero attached hydrogens (tertiary/aromatic N) is 4. The van der Waals surface area contributed by atoms with Crippen molar-refractivity contribution < 1.29 is 9.53 Å². The predicted octanol–water partition coefficient (Wildman–Crippen LogP) is 4.73. The van der Waals surface area contributed by atoms with Gasteiger partial charge in [-0.2, -0.15) is 0 Å². The highest BCUT2D eigenvalue weighted by Gasteiger charge is 2.33. The fourth-order valence-electron chi connectivity index (χ4n) is 4.96. The van der Waals surface area contributed by atoms with Crippen molar-refractivity contribution in [3.63, 3.8) is 0 Å². The van der Waals surface area contributed by atoms with Gasteiger partial charge in [0.15, 0.2) is 5.82 Å². The number of methoxy groups -OCH3 is 1. The van der Waals surface area contributed by atoms with Crippen molar-refractivity contribution in [2.75, 3.05) is 26.7 Å². The van der Waals surface area contributed by atoms with Gasteiger partial charge in [-0.15, -0.1) is 0 Å². The summed E-state index contributed by atoms with van der Waals surface area (Å²) in [6.07, 6.45) is 6.18. The van der Waals surface area contributed by atoms with Crippen molar-refractivity contribution in [1.29, 1.82) is 0 Å². The van der Waals surface area contributed by atoms with E-state index in [9.17, 15) is 4.79 Å². The minimum absolute atomic E-state index is 0.0302. The maximum atomic E-state index is 13.7. The lowest BCUT2D eigenvalue weighted by molar-refractivity contribution is 0.0730. The molecule has 5 rings (SSSR count). The third-order valence-electron chi connectivity index (χ3n) is 6.72. The molecule has 2 saturated heterocycles. The zero-order chi connectivity index (χ0) is 22.6. The molecular formula is C27H30N4O2.